The molecular weight excluding hydrogens is 467 g/mol. The van der Waals surface area contributed by atoms with Crippen LogP contribution in [0.3, 0.4) is 0 Å². The third kappa shape index (κ3) is 6.84. The van der Waals surface area contributed by atoms with E-state index in [1.807, 2.05) is 0 Å². The number of methoxy groups -OCH3 is 2. The first-order chi connectivity index (χ1) is 16.7. The van der Waals surface area contributed by atoms with Crippen molar-refractivity contribution in [2.24, 2.45) is 0 Å². The average Bonchev–Trinajstić information content (AvgIpc) is 2.84. The molecule has 3 aromatic rings. The minimum absolute atomic E-state index is 0.161. The Balaban J connectivity index is 1.40. The van der Waals surface area contributed by atoms with E-state index in [0.717, 1.165) is 12.3 Å². The summed E-state index contributed by atoms with van der Waals surface area (Å²) in [5, 5.41) is 6.07. The number of ether oxygens (including phenoxy) is 2. The standard InChI is InChI=1S/C23H26F3N5O4/c1-34-18-11-16-17(12-19(18)35-2)30-14-31(22(16)33)10-3-5-21(32)28-9-4-8-27-20-7-6-15(13-29-20)23(24,25)26/h6-7,11-14H,3-5,8-10H2,1-2H3,(H,27,29)(H,28,32). The second-order valence-electron chi connectivity index (χ2n) is 7.63. The van der Waals surface area contributed by atoms with Gasteiger partial charge in [-0.25, -0.2) is 9.97 Å². The summed E-state index contributed by atoms with van der Waals surface area (Å²) in [7, 11) is 2.99. The number of alkyl halides is 3. The molecular formula is C23H26F3N5O4. The maximum Gasteiger partial charge on any atom is 0.417 e. The minimum atomic E-state index is -4.42. The summed E-state index contributed by atoms with van der Waals surface area (Å²) in [6.07, 6.45) is -0.975. The smallest absolute Gasteiger partial charge is 0.417 e. The van der Waals surface area contributed by atoms with Crippen LogP contribution >= 0.6 is 0 Å². The maximum absolute atomic E-state index is 12.8. The molecule has 3 rings (SSSR count). The second kappa shape index (κ2) is 11.5. The predicted molar refractivity (Wildman–Crippen MR) is 124 cm³/mol. The highest BCUT2D eigenvalue weighted by molar-refractivity contribution is 5.81. The summed E-state index contributed by atoms with van der Waals surface area (Å²) in [5.74, 6) is 1.08. The lowest BCUT2D eigenvalue weighted by Gasteiger charge is -2.11. The first-order valence-electron chi connectivity index (χ1n) is 10.9. The molecule has 35 heavy (non-hydrogen) atoms. The zero-order valence-electron chi connectivity index (χ0n) is 19.3. The van der Waals surface area contributed by atoms with Gasteiger partial charge in [-0.05, 0) is 31.0 Å². The van der Waals surface area contributed by atoms with Gasteiger partial charge in [0.2, 0.25) is 5.91 Å². The Morgan fingerprint density at radius 3 is 2.46 bits per heavy atom. The molecule has 2 N–H and O–H groups in total. The number of aryl methyl sites for hydroxylation is 1. The van der Waals surface area contributed by atoms with Crippen LogP contribution in [0.4, 0.5) is 19.0 Å². The number of rotatable bonds is 11. The summed E-state index contributed by atoms with van der Waals surface area (Å²) in [6.45, 7) is 1.15. The molecule has 1 aromatic carbocycles. The van der Waals surface area contributed by atoms with Gasteiger partial charge in [0.15, 0.2) is 11.5 Å². The summed E-state index contributed by atoms with van der Waals surface area (Å²) in [4.78, 5) is 32.8. The van der Waals surface area contributed by atoms with Crippen molar-refractivity contribution >= 4 is 22.6 Å². The molecule has 188 valence electrons. The van der Waals surface area contributed by atoms with E-state index >= 15 is 0 Å². The number of benzene rings is 1. The number of amides is 1. The molecule has 0 saturated carbocycles. The normalized spacial score (nSPS) is 11.3. The number of nitrogens with zero attached hydrogens (tertiary/aromatic N) is 3. The number of halogens is 3. The van der Waals surface area contributed by atoms with Gasteiger partial charge in [0, 0.05) is 38.3 Å². The van der Waals surface area contributed by atoms with E-state index in [0.29, 0.717) is 60.7 Å². The van der Waals surface area contributed by atoms with Crippen molar-refractivity contribution in [1.82, 2.24) is 19.9 Å². The molecule has 2 aromatic heterocycles. The number of hydrogen-bond donors (Lipinski definition) is 2. The highest BCUT2D eigenvalue weighted by Crippen LogP contribution is 2.30. The lowest BCUT2D eigenvalue weighted by Crippen LogP contribution is -2.27. The van der Waals surface area contributed by atoms with E-state index in [1.54, 1.807) is 12.1 Å². The Morgan fingerprint density at radius 1 is 1.06 bits per heavy atom. The van der Waals surface area contributed by atoms with Gasteiger partial charge in [0.05, 0.1) is 37.0 Å². The van der Waals surface area contributed by atoms with Gasteiger partial charge < -0.3 is 20.1 Å². The number of carbonyl (C=O) groups excluding carboxylic acids is 1. The fourth-order valence-electron chi connectivity index (χ4n) is 3.34. The quantitative estimate of drug-likeness (QED) is 0.395. The van der Waals surface area contributed by atoms with Crippen molar-refractivity contribution in [3.05, 3.63) is 52.7 Å². The summed E-state index contributed by atoms with van der Waals surface area (Å²) in [6, 6.07) is 5.44. The van der Waals surface area contributed by atoms with Crippen LogP contribution in [0.15, 0.2) is 41.6 Å². The maximum atomic E-state index is 12.8. The fourth-order valence-corrected chi connectivity index (χ4v) is 3.34. The van der Waals surface area contributed by atoms with E-state index in [9.17, 15) is 22.8 Å². The molecule has 0 fully saturated rings. The molecule has 1 amide bonds. The third-order valence-corrected chi connectivity index (χ3v) is 5.20. The molecule has 0 aliphatic heterocycles. The Bertz CT molecular complexity index is 1210. The molecule has 0 aliphatic carbocycles. The van der Waals surface area contributed by atoms with E-state index in [4.69, 9.17) is 9.47 Å². The SMILES string of the molecule is COc1cc2ncn(CCCC(=O)NCCCNc3ccc(C(F)(F)F)cn3)c(=O)c2cc1OC. The summed E-state index contributed by atoms with van der Waals surface area (Å²) in [5.41, 5.74) is -0.557. The molecule has 0 spiro atoms. The first-order valence-corrected chi connectivity index (χ1v) is 10.9. The molecule has 9 nitrogen and oxygen atoms in total. The van der Waals surface area contributed by atoms with E-state index in [2.05, 4.69) is 20.6 Å². The van der Waals surface area contributed by atoms with Crippen LogP contribution < -0.4 is 25.7 Å². The van der Waals surface area contributed by atoms with Crippen molar-refractivity contribution in [2.45, 2.75) is 32.0 Å². The van der Waals surface area contributed by atoms with Gasteiger partial charge in [0.25, 0.3) is 5.56 Å². The number of hydrogen-bond acceptors (Lipinski definition) is 7. The van der Waals surface area contributed by atoms with Crippen LogP contribution in [0.1, 0.15) is 24.8 Å². The predicted octanol–water partition coefficient (Wildman–Crippen LogP) is 3.23. The second-order valence-corrected chi connectivity index (χ2v) is 7.63. The summed E-state index contributed by atoms with van der Waals surface area (Å²) >= 11 is 0. The van der Waals surface area contributed by atoms with Crippen molar-refractivity contribution in [3.63, 3.8) is 0 Å². The number of pyridine rings is 1. The number of fused-ring (bicyclic) bond motifs is 1. The monoisotopic (exact) mass is 493 g/mol. The van der Waals surface area contributed by atoms with E-state index in [1.165, 1.54) is 31.2 Å². The molecule has 2 heterocycles. The Labute approximate surface area is 199 Å². The van der Waals surface area contributed by atoms with Crippen molar-refractivity contribution in [2.75, 3.05) is 32.6 Å². The minimum Gasteiger partial charge on any atom is -0.493 e. The van der Waals surface area contributed by atoms with Gasteiger partial charge >= 0.3 is 6.18 Å². The third-order valence-electron chi connectivity index (χ3n) is 5.20. The van der Waals surface area contributed by atoms with Crippen LogP contribution in [0, 0.1) is 0 Å². The molecule has 12 heteroatoms. The highest BCUT2D eigenvalue weighted by Gasteiger charge is 2.30. The average molecular weight is 493 g/mol. The zero-order chi connectivity index (χ0) is 25.4. The molecule has 0 atom stereocenters. The van der Waals surface area contributed by atoms with Crippen LogP contribution in [-0.2, 0) is 17.5 Å². The summed E-state index contributed by atoms with van der Waals surface area (Å²) < 4.78 is 49.5. The van der Waals surface area contributed by atoms with Gasteiger partial charge in [-0.15, -0.1) is 0 Å². The van der Waals surface area contributed by atoms with Gasteiger partial charge in [-0.2, -0.15) is 13.2 Å². The lowest BCUT2D eigenvalue weighted by atomic mass is 10.2. The van der Waals surface area contributed by atoms with Crippen LogP contribution in [0.25, 0.3) is 10.9 Å². The number of aromatic nitrogens is 3. The number of nitrogens with one attached hydrogen (secondary N) is 2. The lowest BCUT2D eigenvalue weighted by molar-refractivity contribution is -0.137. The molecule has 0 bridgehead atoms. The van der Waals surface area contributed by atoms with E-state index in [-0.39, 0.29) is 17.9 Å². The number of carbonyl (C=O) groups is 1. The van der Waals surface area contributed by atoms with Gasteiger partial charge in [-0.1, -0.05) is 0 Å². The molecule has 0 aliphatic rings. The Kier molecular flexibility index (Phi) is 8.50. The van der Waals surface area contributed by atoms with E-state index < -0.39 is 11.7 Å². The highest BCUT2D eigenvalue weighted by atomic mass is 19.4. The number of anilines is 1. The first kappa shape index (κ1) is 25.8. The van der Waals surface area contributed by atoms with Gasteiger partial charge in [-0.3, -0.25) is 14.2 Å². The Morgan fingerprint density at radius 2 is 1.80 bits per heavy atom. The topological polar surface area (TPSA) is 107 Å². The van der Waals surface area contributed by atoms with Crippen molar-refractivity contribution in [3.8, 4) is 11.5 Å². The van der Waals surface area contributed by atoms with Crippen LogP contribution in [0.2, 0.25) is 0 Å². The molecule has 0 unspecified atom stereocenters. The van der Waals surface area contributed by atoms with Crippen LogP contribution in [0.5, 0.6) is 11.5 Å². The van der Waals surface area contributed by atoms with Crippen molar-refractivity contribution < 1.29 is 27.4 Å². The zero-order valence-corrected chi connectivity index (χ0v) is 19.3. The molecule has 0 radical (unpaired) electrons. The molecule has 0 saturated heterocycles. The fraction of sp³-hybridized carbons (Fsp3) is 0.391. The Hall–Kier alpha value is -3.83. The largest absolute Gasteiger partial charge is 0.493 e. The van der Waals surface area contributed by atoms with Gasteiger partial charge in [0.1, 0.15) is 5.82 Å². The van der Waals surface area contributed by atoms with Crippen molar-refractivity contribution in [1.29, 1.82) is 0 Å². The van der Waals surface area contributed by atoms with Crippen LogP contribution in [-0.4, -0.2) is 47.8 Å².